The van der Waals surface area contributed by atoms with Gasteiger partial charge in [-0.05, 0) is 49.4 Å². The van der Waals surface area contributed by atoms with E-state index in [9.17, 15) is 0 Å². The molecule has 0 saturated carbocycles. The summed E-state index contributed by atoms with van der Waals surface area (Å²) in [5.74, 6) is 0.972. The third-order valence-corrected chi connectivity index (χ3v) is 6.82. The molecule has 146 valence electrons. The van der Waals surface area contributed by atoms with Crippen molar-refractivity contribution in [2.45, 2.75) is 43.2 Å². The molecular weight excluding hydrogens is 360 g/mol. The van der Waals surface area contributed by atoms with E-state index in [0.717, 1.165) is 57.7 Å². The van der Waals surface area contributed by atoms with Gasteiger partial charge in [-0.3, -0.25) is 4.98 Å². The molecule has 4 heterocycles. The standard InChI is InChI=1S/C21H28N2O3S/c1-24-17-5-13-27-18(17)14-22-10-6-20(19-4-2-3-9-23-19)7-12-26-21(15-20)8-11-25-16-21/h2-5,9,13,22H,6-8,10-12,14-16H2,1H3/t20-,21-/m0/s1. The molecule has 2 aliphatic rings. The van der Waals surface area contributed by atoms with Crippen molar-refractivity contribution in [1.29, 1.82) is 0 Å². The third-order valence-electron chi connectivity index (χ3n) is 5.92. The molecule has 4 rings (SSSR count). The Balaban J connectivity index is 1.46. The lowest BCUT2D eigenvalue weighted by molar-refractivity contribution is -0.109. The highest BCUT2D eigenvalue weighted by atomic mass is 32.1. The van der Waals surface area contributed by atoms with Gasteiger partial charge in [0.25, 0.3) is 0 Å². The van der Waals surface area contributed by atoms with Crippen LogP contribution in [-0.2, 0) is 21.4 Å². The molecule has 1 spiro atoms. The first-order valence-corrected chi connectivity index (χ1v) is 10.6. The van der Waals surface area contributed by atoms with Gasteiger partial charge in [0.1, 0.15) is 5.75 Å². The largest absolute Gasteiger partial charge is 0.496 e. The Hall–Kier alpha value is -1.47. The first-order valence-electron chi connectivity index (χ1n) is 9.70. The molecule has 0 amide bonds. The fourth-order valence-electron chi connectivity index (χ4n) is 4.47. The number of aromatic nitrogens is 1. The predicted octanol–water partition coefficient (Wildman–Crippen LogP) is 3.54. The van der Waals surface area contributed by atoms with Gasteiger partial charge in [-0.2, -0.15) is 0 Å². The second kappa shape index (κ2) is 8.27. The zero-order chi connectivity index (χ0) is 18.6. The van der Waals surface area contributed by atoms with Gasteiger partial charge in [-0.1, -0.05) is 6.07 Å². The molecule has 6 heteroatoms. The number of hydrogen-bond donors (Lipinski definition) is 1. The molecule has 0 radical (unpaired) electrons. The monoisotopic (exact) mass is 388 g/mol. The highest BCUT2D eigenvalue weighted by molar-refractivity contribution is 7.10. The molecule has 0 bridgehead atoms. The zero-order valence-electron chi connectivity index (χ0n) is 15.9. The maximum absolute atomic E-state index is 6.21. The predicted molar refractivity (Wildman–Crippen MR) is 106 cm³/mol. The Bertz CT molecular complexity index is 730. The first kappa shape index (κ1) is 18.9. The molecule has 0 aliphatic carbocycles. The number of nitrogens with one attached hydrogen (secondary N) is 1. The Morgan fingerprint density at radius 1 is 1.26 bits per heavy atom. The van der Waals surface area contributed by atoms with Crippen LogP contribution < -0.4 is 10.1 Å². The van der Waals surface area contributed by atoms with E-state index in [1.165, 1.54) is 10.6 Å². The second-order valence-electron chi connectivity index (χ2n) is 7.60. The van der Waals surface area contributed by atoms with Crippen LogP contribution in [0, 0.1) is 0 Å². The van der Waals surface area contributed by atoms with Crippen molar-refractivity contribution in [2.24, 2.45) is 0 Å². The molecule has 1 N–H and O–H groups in total. The molecule has 2 fully saturated rings. The number of methoxy groups -OCH3 is 1. The normalized spacial score (nSPS) is 27.9. The van der Waals surface area contributed by atoms with Crippen molar-refractivity contribution in [3.05, 3.63) is 46.4 Å². The number of ether oxygens (including phenoxy) is 3. The summed E-state index contributed by atoms with van der Waals surface area (Å²) in [5, 5.41) is 5.69. The van der Waals surface area contributed by atoms with Crippen LogP contribution in [0.15, 0.2) is 35.8 Å². The topological polar surface area (TPSA) is 52.6 Å². The average molecular weight is 389 g/mol. The molecule has 2 aliphatic heterocycles. The van der Waals surface area contributed by atoms with Gasteiger partial charge in [0.15, 0.2) is 0 Å². The maximum atomic E-state index is 6.21. The van der Waals surface area contributed by atoms with Crippen LogP contribution in [0.3, 0.4) is 0 Å². The van der Waals surface area contributed by atoms with E-state index in [2.05, 4.69) is 22.8 Å². The van der Waals surface area contributed by atoms with Gasteiger partial charge in [0.05, 0.1) is 24.2 Å². The van der Waals surface area contributed by atoms with E-state index in [-0.39, 0.29) is 11.0 Å². The highest BCUT2D eigenvalue weighted by Gasteiger charge is 2.49. The van der Waals surface area contributed by atoms with E-state index in [1.807, 2.05) is 18.3 Å². The molecule has 2 aromatic heterocycles. The molecule has 2 saturated heterocycles. The molecule has 0 aromatic carbocycles. The number of hydrogen-bond acceptors (Lipinski definition) is 6. The molecular formula is C21H28N2O3S. The van der Waals surface area contributed by atoms with Crippen molar-refractivity contribution < 1.29 is 14.2 Å². The lowest BCUT2D eigenvalue weighted by Gasteiger charge is -2.45. The maximum Gasteiger partial charge on any atom is 0.134 e. The van der Waals surface area contributed by atoms with Crippen LogP contribution in [0.2, 0.25) is 0 Å². The average Bonchev–Trinajstić information content (AvgIpc) is 3.35. The van der Waals surface area contributed by atoms with Crippen LogP contribution in [0.25, 0.3) is 0 Å². The number of rotatable bonds is 7. The van der Waals surface area contributed by atoms with Crippen molar-refractivity contribution in [1.82, 2.24) is 10.3 Å². The zero-order valence-corrected chi connectivity index (χ0v) is 16.7. The summed E-state index contributed by atoms with van der Waals surface area (Å²) in [6, 6.07) is 8.30. The Morgan fingerprint density at radius 2 is 2.22 bits per heavy atom. The molecule has 2 atom stereocenters. The minimum Gasteiger partial charge on any atom is -0.496 e. The van der Waals surface area contributed by atoms with Crippen molar-refractivity contribution in [3.8, 4) is 5.75 Å². The summed E-state index contributed by atoms with van der Waals surface area (Å²) in [4.78, 5) is 5.99. The summed E-state index contributed by atoms with van der Waals surface area (Å²) in [5.41, 5.74) is 1.10. The summed E-state index contributed by atoms with van der Waals surface area (Å²) >= 11 is 1.73. The molecule has 0 unspecified atom stereocenters. The van der Waals surface area contributed by atoms with Gasteiger partial charge in [-0.15, -0.1) is 11.3 Å². The van der Waals surface area contributed by atoms with Crippen LogP contribution in [0.4, 0.5) is 0 Å². The minimum absolute atomic E-state index is 0.0414. The minimum atomic E-state index is -0.132. The smallest absolute Gasteiger partial charge is 0.134 e. The lowest BCUT2D eigenvalue weighted by atomic mass is 9.68. The van der Waals surface area contributed by atoms with Crippen LogP contribution in [0.5, 0.6) is 5.75 Å². The summed E-state index contributed by atoms with van der Waals surface area (Å²) < 4.78 is 17.3. The number of pyridine rings is 1. The van der Waals surface area contributed by atoms with Crippen molar-refractivity contribution in [2.75, 3.05) is 33.5 Å². The molecule has 5 nitrogen and oxygen atoms in total. The van der Waals surface area contributed by atoms with Gasteiger partial charge in [0.2, 0.25) is 0 Å². The summed E-state index contributed by atoms with van der Waals surface area (Å²) in [7, 11) is 1.73. The van der Waals surface area contributed by atoms with Crippen LogP contribution in [0.1, 0.15) is 36.3 Å². The summed E-state index contributed by atoms with van der Waals surface area (Å²) in [6.45, 7) is 4.06. The van der Waals surface area contributed by atoms with E-state index in [4.69, 9.17) is 19.2 Å². The third kappa shape index (κ3) is 4.04. The van der Waals surface area contributed by atoms with E-state index < -0.39 is 0 Å². The quantitative estimate of drug-likeness (QED) is 0.736. The SMILES string of the molecule is COc1ccsc1CNCC[C@]1(c2ccccn2)CCO[C@@]2(CCOC2)C1. The van der Waals surface area contributed by atoms with E-state index in [0.29, 0.717) is 6.61 Å². The van der Waals surface area contributed by atoms with Gasteiger partial charge < -0.3 is 19.5 Å². The van der Waals surface area contributed by atoms with Gasteiger partial charge in [-0.25, -0.2) is 0 Å². The fourth-order valence-corrected chi connectivity index (χ4v) is 5.28. The number of nitrogens with zero attached hydrogens (tertiary/aromatic N) is 1. The molecule has 27 heavy (non-hydrogen) atoms. The Morgan fingerprint density at radius 3 is 3.00 bits per heavy atom. The van der Waals surface area contributed by atoms with E-state index in [1.54, 1.807) is 18.4 Å². The second-order valence-corrected chi connectivity index (χ2v) is 8.60. The summed E-state index contributed by atoms with van der Waals surface area (Å²) in [6.07, 6.45) is 5.94. The Labute approximate surface area is 165 Å². The van der Waals surface area contributed by atoms with Gasteiger partial charge >= 0.3 is 0 Å². The highest BCUT2D eigenvalue weighted by Crippen LogP contribution is 2.46. The fraction of sp³-hybridized carbons (Fsp3) is 0.571. The van der Waals surface area contributed by atoms with Gasteiger partial charge in [0, 0.05) is 43.5 Å². The first-order chi connectivity index (χ1) is 13.3. The van der Waals surface area contributed by atoms with Crippen molar-refractivity contribution >= 4 is 11.3 Å². The molecule has 2 aromatic rings. The van der Waals surface area contributed by atoms with Crippen LogP contribution >= 0.6 is 11.3 Å². The van der Waals surface area contributed by atoms with Crippen LogP contribution in [-0.4, -0.2) is 44.1 Å². The van der Waals surface area contributed by atoms with E-state index >= 15 is 0 Å². The lowest BCUT2D eigenvalue weighted by Crippen LogP contribution is -2.49. The Kier molecular flexibility index (Phi) is 5.78. The van der Waals surface area contributed by atoms with Crippen molar-refractivity contribution in [3.63, 3.8) is 0 Å². The number of thiophene rings is 1.